The molecular formula is C21H26N4O2. The summed E-state index contributed by atoms with van der Waals surface area (Å²) in [5.41, 5.74) is 8.73. The average molecular weight is 366 g/mol. The molecule has 2 heterocycles. The van der Waals surface area contributed by atoms with E-state index in [9.17, 15) is 9.59 Å². The van der Waals surface area contributed by atoms with Crippen LogP contribution in [0, 0.1) is 5.92 Å². The van der Waals surface area contributed by atoms with Crippen molar-refractivity contribution >= 4 is 11.8 Å². The highest BCUT2D eigenvalue weighted by molar-refractivity contribution is 5.93. The molecule has 1 aromatic carbocycles. The van der Waals surface area contributed by atoms with Gasteiger partial charge in [-0.1, -0.05) is 37.8 Å². The second-order valence-electron chi connectivity index (χ2n) is 7.71. The van der Waals surface area contributed by atoms with E-state index >= 15 is 0 Å². The molecule has 0 radical (unpaired) electrons. The summed E-state index contributed by atoms with van der Waals surface area (Å²) in [7, 11) is 0. The van der Waals surface area contributed by atoms with Crippen LogP contribution in [0.4, 0.5) is 0 Å². The first kappa shape index (κ1) is 17.8. The van der Waals surface area contributed by atoms with Gasteiger partial charge in [0.25, 0.3) is 0 Å². The molecule has 2 aliphatic rings. The van der Waals surface area contributed by atoms with Crippen molar-refractivity contribution in [3.8, 4) is 11.4 Å². The minimum absolute atomic E-state index is 0.259. The van der Waals surface area contributed by atoms with Crippen LogP contribution in [0.15, 0.2) is 24.3 Å². The van der Waals surface area contributed by atoms with E-state index in [2.05, 4.69) is 9.97 Å². The summed E-state index contributed by atoms with van der Waals surface area (Å²) in [6.45, 7) is 1.34. The number of carbonyl (C=O) groups excluding carboxylic acids is 2. The summed E-state index contributed by atoms with van der Waals surface area (Å²) in [5, 5.41) is 0. The Kier molecular flexibility index (Phi) is 4.97. The van der Waals surface area contributed by atoms with Crippen LogP contribution in [0.3, 0.4) is 0 Å². The Morgan fingerprint density at radius 2 is 1.93 bits per heavy atom. The monoisotopic (exact) mass is 366 g/mol. The number of nitrogens with zero attached hydrogens (tertiary/aromatic N) is 2. The van der Waals surface area contributed by atoms with Crippen molar-refractivity contribution < 1.29 is 9.59 Å². The fourth-order valence-electron chi connectivity index (χ4n) is 4.22. The number of hydrogen-bond acceptors (Lipinski definition) is 3. The van der Waals surface area contributed by atoms with Gasteiger partial charge in [0.15, 0.2) is 0 Å². The molecule has 2 amide bonds. The molecule has 0 unspecified atom stereocenters. The van der Waals surface area contributed by atoms with Crippen molar-refractivity contribution in [1.82, 2.24) is 14.9 Å². The lowest BCUT2D eigenvalue weighted by Gasteiger charge is -2.26. The topological polar surface area (TPSA) is 92.1 Å². The molecule has 1 fully saturated rings. The van der Waals surface area contributed by atoms with E-state index in [4.69, 9.17) is 5.73 Å². The minimum Gasteiger partial charge on any atom is -0.366 e. The van der Waals surface area contributed by atoms with Crippen LogP contribution >= 0.6 is 0 Å². The predicted octanol–water partition coefficient (Wildman–Crippen LogP) is 3.03. The first-order valence-corrected chi connectivity index (χ1v) is 9.86. The summed E-state index contributed by atoms with van der Waals surface area (Å²) in [5.74, 6) is 1.34. The van der Waals surface area contributed by atoms with Crippen LogP contribution in [-0.2, 0) is 17.8 Å². The molecule has 1 aromatic heterocycles. The normalized spacial score (nSPS) is 17.1. The predicted molar refractivity (Wildman–Crippen MR) is 103 cm³/mol. The van der Waals surface area contributed by atoms with Crippen molar-refractivity contribution in [1.29, 1.82) is 0 Å². The average Bonchev–Trinajstić information content (AvgIpc) is 3.35. The number of aromatic nitrogens is 2. The molecule has 1 aliphatic heterocycles. The van der Waals surface area contributed by atoms with Crippen molar-refractivity contribution in [2.45, 2.75) is 51.5 Å². The van der Waals surface area contributed by atoms with Gasteiger partial charge in [0, 0.05) is 30.5 Å². The SMILES string of the molecule is NC(=O)c1ccc(-c2nc3c([nH]2)CN(C(=O)CCC2CCCC2)CC3)cc1. The van der Waals surface area contributed by atoms with Gasteiger partial charge in [-0.3, -0.25) is 9.59 Å². The molecule has 6 nitrogen and oxygen atoms in total. The molecule has 142 valence electrons. The summed E-state index contributed by atoms with van der Waals surface area (Å²) in [6, 6.07) is 7.10. The van der Waals surface area contributed by atoms with Crippen molar-refractivity contribution in [2.75, 3.05) is 6.54 Å². The van der Waals surface area contributed by atoms with Gasteiger partial charge in [0.05, 0.1) is 17.9 Å². The maximum atomic E-state index is 12.6. The van der Waals surface area contributed by atoms with Gasteiger partial charge in [-0.15, -0.1) is 0 Å². The molecular weight excluding hydrogens is 340 g/mol. The van der Waals surface area contributed by atoms with Gasteiger partial charge in [0.1, 0.15) is 5.82 Å². The summed E-state index contributed by atoms with van der Waals surface area (Å²) in [4.78, 5) is 33.8. The first-order valence-electron chi connectivity index (χ1n) is 9.86. The van der Waals surface area contributed by atoms with Gasteiger partial charge < -0.3 is 15.6 Å². The fraction of sp³-hybridized carbons (Fsp3) is 0.476. The smallest absolute Gasteiger partial charge is 0.248 e. The number of rotatable bonds is 5. The molecule has 4 rings (SSSR count). The Labute approximate surface area is 159 Å². The van der Waals surface area contributed by atoms with Crippen molar-refractivity contribution in [3.05, 3.63) is 41.2 Å². The largest absolute Gasteiger partial charge is 0.366 e. The zero-order valence-electron chi connectivity index (χ0n) is 15.5. The number of amides is 2. The highest BCUT2D eigenvalue weighted by Gasteiger charge is 2.25. The molecule has 1 saturated carbocycles. The van der Waals surface area contributed by atoms with Crippen molar-refractivity contribution in [3.63, 3.8) is 0 Å². The number of fused-ring (bicyclic) bond motifs is 1. The van der Waals surface area contributed by atoms with Crippen LogP contribution in [0.25, 0.3) is 11.4 Å². The number of carbonyl (C=O) groups is 2. The summed E-state index contributed by atoms with van der Waals surface area (Å²) < 4.78 is 0. The van der Waals surface area contributed by atoms with Gasteiger partial charge in [0.2, 0.25) is 11.8 Å². The number of nitrogens with one attached hydrogen (secondary N) is 1. The highest BCUT2D eigenvalue weighted by Crippen LogP contribution is 2.29. The van der Waals surface area contributed by atoms with E-state index in [0.29, 0.717) is 18.5 Å². The number of H-pyrrole nitrogens is 1. The number of imidazole rings is 1. The second-order valence-corrected chi connectivity index (χ2v) is 7.71. The molecule has 2 aromatic rings. The van der Waals surface area contributed by atoms with Crippen LogP contribution < -0.4 is 5.73 Å². The van der Waals surface area contributed by atoms with Gasteiger partial charge >= 0.3 is 0 Å². The van der Waals surface area contributed by atoms with Crippen LogP contribution in [-0.4, -0.2) is 33.2 Å². The van der Waals surface area contributed by atoms with Crippen LogP contribution in [0.2, 0.25) is 0 Å². The first-order chi connectivity index (χ1) is 13.1. The minimum atomic E-state index is -0.438. The molecule has 0 bridgehead atoms. The van der Waals surface area contributed by atoms with E-state index in [1.54, 1.807) is 12.1 Å². The number of nitrogens with two attached hydrogens (primary N) is 1. The molecule has 1 aliphatic carbocycles. The lowest BCUT2D eigenvalue weighted by atomic mass is 10.0. The quantitative estimate of drug-likeness (QED) is 0.852. The molecule has 3 N–H and O–H groups in total. The number of benzene rings is 1. The Bertz CT molecular complexity index is 834. The zero-order valence-corrected chi connectivity index (χ0v) is 15.5. The standard InChI is InChI=1S/C21H26N4O2/c22-20(27)15-6-8-16(9-7-15)21-23-17-11-12-25(13-18(17)24-21)19(26)10-5-14-3-1-2-4-14/h6-9,14H,1-5,10-13H2,(H2,22,27)(H,23,24). The molecule has 6 heteroatoms. The van der Waals surface area contributed by atoms with E-state index < -0.39 is 5.91 Å². The highest BCUT2D eigenvalue weighted by atomic mass is 16.2. The van der Waals surface area contributed by atoms with Crippen molar-refractivity contribution in [2.24, 2.45) is 11.7 Å². The lowest BCUT2D eigenvalue weighted by molar-refractivity contribution is -0.132. The number of hydrogen-bond donors (Lipinski definition) is 2. The molecule has 0 atom stereocenters. The maximum Gasteiger partial charge on any atom is 0.248 e. The van der Waals surface area contributed by atoms with Gasteiger partial charge in [-0.2, -0.15) is 0 Å². The van der Waals surface area contributed by atoms with E-state index in [1.807, 2.05) is 17.0 Å². The Hall–Kier alpha value is -2.63. The lowest BCUT2D eigenvalue weighted by Crippen LogP contribution is -2.36. The van der Waals surface area contributed by atoms with Gasteiger partial charge in [-0.05, 0) is 24.5 Å². The number of aromatic amines is 1. The third-order valence-electron chi connectivity index (χ3n) is 5.87. The summed E-state index contributed by atoms with van der Waals surface area (Å²) in [6.07, 6.45) is 7.69. The Balaban J connectivity index is 1.41. The van der Waals surface area contributed by atoms with Gasteiger partial charge in [-0.25, -0.2) is 4.98 Å². The molecule has 0 saturated heterocycles. The maximum absolute atomic E-state index is 12.6. The number of primary amides is 1. The second kappa shape index (κ2) is 7.55. The van der Waals surface area contributed by atoms with Crippen LogP contribution in [0.5, 0.6) is 0 Å². The van der Waals surface area contributed by atoms with E-state index in [1.165, 1.54) is 25.7 Å². The third-order valence-corrected chi connectivity index (χ3v) is 5.87. The Morgan fingerprint density at radius 1 is 1.19 bits per heavy atom. The Morgan fingerprint density at radius 3 is 2.63 bits per heavy atom. The third kappa shape index (κ3) is 3.89. The zero-order chi connectivity index (χ0) is 18.8. The molecule has 27 heavy (non-hydrogen) atoms. The van der Waals surface area contributed by atoms with E-state index in [-0.39, 0.29) is 5.91 Å². The van der Waals surface area contributed by atoms with E-state index in [0.717, 1.165) is 48.1 Å². The summed E-state index contributed by atoms with van der Waals surface area (Å²) >= 11 is 0. The van der Waals surface area contributed by atoms with Crippen LogP contribution in [0.1, 0.15) is 60.3 Å². The fourth-order valence-corrected chi connectivity index (χ4v) is 4.22. The molecule has 0 spiro atoms.